The summed E-state index contributed by atoms with van der Waals surface area (Å²) in [5.74, 6) is 0.632. The van der Waals surface area contributed by atoms with Crippen molar-refractivity contribution in [1.29, 1.82) is 0 Å². The van der Waals surface area contributed by atoms with E-state index in [1.54, 1.807) is 0 Å². The molecule has 2 fully saturated rings. The average Bonchev–Trinajstić information content (AvgIpc) is 3.20. The van der Waals surface area contributed by atoms with Crippen LogP contribution in [0.15, 0.2) is 6.20 Å². The molecule has 2 N–H and O–H groups in total. The van der Waals surface area contributed by atoms with Gasteiger partial charge < -0.3 is 15.5 Å². The van der Waals surface area contributed by atoms with Crippen molar-refractivity contribution in [3.05, 3.63) is 17.5 Å². The monoisotopic (exact) mass is 333 g/mol. The molecule has 134 valence electrons. The summed E-state index contributed by atoms with van der Waals surface area (Å²) in [6.45, 7) is 5.14. The second-order valence-corrected chi connectivity index (χ2v) is 7.20. The molecule has 0 spiro atoms. The Labute approximate surface area is 145 Å². The van der Waals surface area contributed by atoms with E-state index < -0.39 is 0 Å². The molecule has 1 saturated heterocycles. The summed E-state index contributed by atoms with van der Waals surface area (Å²) < 4.78 is 1.95. The lowest BCUT2D eigenvalue weighted by atomic mass is 9.85. The van der Waals surface area contributed by atoms with Crippen molar-refractivity contribution in [2.24, 2.45) is 7.05 Å². The highest BCUT2D eigenvalue weighted by molar-refractivity contribution is 5.74. The first kappa shape index (κ1) is 17.3. The highest BCUT2D eigenvalue weighted by Crippen LogP contribution is 2.33. The van der Waals surface area contributed by atoms with Crippen LogP contribution in [-0.4, -0.2) is 46.4 Å². The van der Waals surface area contributed by atoms with Gasteiger partial charge in [-0.25, -0.2) is 4.79 Å². The zero-order chi connectivity index (χ0) is 16.9. The molecule has 0 aromatic carbocycles. The molecule has 1 aromatic heterocycles. The number of aryl methyl sites for hydroxylation is 1. The molecule has 1 atom stereocenters. The summed E-state index contributed by atoms with van der Waals surface area (Å²) in [6, 6.07) is 0.443. The number of carbonyl (C=O) groups is 1. The molecule has 1 saturated carbocycles. The average molecular weight is 333 g/mol. The summed E-state index contributed by atoms with van der Waals surface area (Å²) in [7, 11) is 2.02. The van der Waals surface area contributed by atoms with Crippen molar-refractivity contribution in [3.8, 4) is 0 Å². The summed E-state index contributed by atoms with van der Waals surface area (Å²) in [5, 5.41) is 11.3. The van der Waals surface area contributed by atoms with Crippen LogP contribution in [0, 0.1) is 0 Å². The third kappa shape index (κ3) is 4.09. The van der Waals surface area contributed by atoms with E-state index in [9.17, 15) is 4.79 Å². The lowest BCUT2D eigenvalue weighted by Crippen LogP contribution is -2.40. The van der Waals surface area contributed by atoms with Gasteiger partial charge in [0, 0.05) is 56.9 Å². The lowest BCUT2D eigenvalue weighted by Gasteiger charge is -2.21. The Morgan fingerprint density at radius 2 is 2.08 bits per heavy atom. The number of amides is 2. The van der Waals surface area contributed by atoms with Gasteiger partial charge in [-0.15, -0.1) is 0 Å². The fourth-order valence-electron chi connectivity index (χ4n) is 4.04. The summed E-state index contributed by atoms with van der Waals surface area (Å²) in [6.07, 6.45) is 9.77. The molecular formula is C18H31N5O. The third-order valence-electron chi connectivity index (χ3n) is 5.31. The Balaban J connectivity index is 1.54. The maximum absolute atomic E-state index is 11.9. The summed E-state index contributed by atoms with van der Waals surface area (Å²) >= 11 is 0. The maximum Gasteiger partial charge on any atom is 0.317 e. The van der Waals surface area contributed by atoms with Gasteiger partial charge in [0.2, 0.25) is 0 Å². The number of hydrogen-bond donors (Lipinski definition) is 2. The quantitative estimate of drug-likeness (QED) is 0.869. The molecule has 0 radical (unpaired) electrons. The van der Waals surface area contributed by atoms with Gasteiger partial charge in [-0.05, 0) is 26.2 Å². The van der Waals surface area contributed by atoms with Gasteiger partial charge in [-0.2, -0.15) is 5.10 Å². The van der Waals surface area contributed by atoms with Crippen LogP contribution in [-0.2, 0) is 13.6 Å². The van der Waals surface area contributed by atoms with E-state index in [2.05, 4.69) is 16.8 Å². The van der Waals surface area contributed by atoms with Gasteiger partial charge in [0.1, 0.15) is 0 Å². The maximum atomic E-state index is 11.9. The predicted octanol–water partition coefficient (Wildman–Crippen LogP) is 2.36. The first-order valence-corrected chi connectivity index (χ1v) is 9.46. The molecule has 3 rings (SSSR count). The minimum atomic E-state index is 0.0612. The van der Waals surface area contributed by atoms with Crippen LogP contribution in [0.4, 0.5) is 4.79 Å². The number of rotatable bonds is 5. The Bertz CT molecular complexity index is 550. The summed E-state index contributed by atoms with van der Waals surface area (Å²) in [5.41, 5.74) is 2.63. The van der Waals surface area contributed by atoms with Crippen molar-refractivity contribution >= 4 is 6.03 Å². The van der Waals surface area contributed by atoms with E-state index >= 15 is 0 Å². The van der Waals surface area contributed by atoms with Crippen molar-refractivity contribution in [3.63, 3.8) is 0 Å². The van der Waals surface area contributed by atoms with Crippen molar-refractivity contribution in [2.45, 2.75) is 64.0 Å². The predicted molar refractivity (Wildman–Crippen MR) is 94.9 cm³/mol. The van der Waals surface area contributed by atoms with Crippen LogP contribution in [0.1, 0.15) is 62.6 Å². The molecule has 2 aliphatic rings. The van der Waals surface area contributed by atoms with Gasteiger partial charge in [-0.1, -0.05) is 19.3 Å². The SMILES string of the molecule is CCNC(=O)N1CC[C@@H](NCc2cn(C)nc2C2CCCCC2)C1. The number of urea groups is 1. The first-order valence-electron chi connectivity index (χ1n) is 9.46. The number of carbonyl (C=O) groups excluding carboxylic acids is 1. The molecule has 6 heteroatoms. The van der Waals surface area contributed by atoms with Crippen LogP contribution >= 0.6 is 0 Å². The molecule has 1 aliphatic carbocycles. The second kappa shape index (κ2) is 8.01. The molecule has 1 aliphatic heterocycles. The summed E-state index contributed by atoms with van der Waals surface area (Å²) in [4.78, 5) is 13.8. The Morgan fingerprint density at radius 3 is 2.83 bits per heavy atom. The molecule has 24 heavy (non-hydrogen) atoms. The molecule has 6 nitrogen and oxygen atoms in total. The second-order valence-electron chi connectivity index (χ2n) is 7.20. The Morgan fingerprint density at radius 1 is 1.29 bits per heavy atom. The van der Waals surface area contributed by atoms with Gasteiger partial charge in [0.05, 0.1) is 5.69 Å². The fourth-order valence-corrected chi connectivity index (χ4v) is 4.04. The fraction of sp³-hybridized carbons (Fsp3) is 0.778. The third-order valence-corrected chi connectivity index (χ3v) is 5.31. The van der Waals surface area contributed by atoms with E-state index in [0.717, 1.165) is 26.1 Å². The van der Waals surface area contributed by atoms with E-state index in [4.69, 9.17) is 5.10 Å². The number of likely N-dealkylation sites (tertiary alicyclic amines) is 1. The zero-order valence-corrected chi connectivity index (χ0v) is 15.1. The number of nitrogens with zero attached hydrogens (tertiary/aromatic N) is 3. The largest absolute Gasteiger partial charge is 0.338 e. The smallest absolute Gasteiger partial charge is 0.317 e. The van der Waals surface area contributed by atoms with E-state index in [-0.39, 0.29) is 6.03 Å². The lowest BCUT2D eigenvalue weighted by molar-refractivity contribution is 0.208. The molecule has 2 heterocycles. The Hall–Kier alpha value is -1.56. The van der Waals surface area contributed by atoms with Gasteiger partial charge in [0.15, 0.2) is 0 Å². The number of nitrogens with one attached hydrogen (secondary N) is 2. The van der Waals surface area contributed by atoms with E-state index in [1.165, 1.54) is 43.4 Å². The first-order chi connectivity index (χ1) is 11.7. The number of aromatic nitrogens is 2. The van der Waals surface area contributed by atoms with Gasteiger partial charge in [0.25, 0.3) is 0 Å². The minimum absolute atomic E-state index is 0.0612. The van der Waals surface area contributed by atoms with Crippen LogP contribution in [0.3, 0.4) is 0 Å². The molecule has 0 bridgehead atoms. The van der Waals surface area contributed by atoms with Crippen LogP contribution < -0.4 is 10.6 Å². The topological polar surface area (TPSA) is 62.2 Å². The highest BCUT2D eigenvalue weighted by Gasteiger charge is 2.26. The van der Waals surface area contributed by atoms with Gasteiger partial charge >= 0.3 is 6.03 Å². The van der Waals surface area contributed by atoms with E-state index in [0.29, 0.717) is 18.5 Å². The number of hydrogen-bond acceptors (Lipinski definition) is 3. The zero-order valence-electron chi connectivity index (χ0n) is 15.1. The van der Waals surface area contributed by atoms with Crippen molar-refractivity contribution in [2.75, 3.05) is 19.6 Å². The molecule has 2 amide bonds. The van der Waals surface area contributed by atoms with Crippen molar-refractivity contribution in [1.82, 2.24) is 25.3 Å². The normalized spacial score (nSPS) is 22.1. The van der Waals surface area contributed by atoms with Gasteiger partial charge in [-0.3, -0.25) is 4.68 Å². The molecular weight excluding hydrogens is 302 g/mol. The van der Waals surface area contributed by atoms with Crippen LogP contribution in [0.2, 0.25) is 0 Å². The molecule has 0 unspecified atom stereocenters. The van der Waals surface area contributed by atoms with E-state index in [1.807, 2.05) is 23.6 Å². The highest BCUT2D eigenvalue weighted by atomic mass is 16.2. The molecule has 1 aromatic rings. The van der Waals surface area contributed by atoms with Crippen LogP contribution in [0.5, 0.6) is 0 Å². The minimum Gasteiger partial charge on any atom is -0.338 e. The Kier molecular flexibility index (Phi) is 5.76. The van der Waals surface area contributed by atoms with Crippen LogP contribution in [0.25, 0.3) is 0 Å². The van der Waals surface area contributed by atoms with Crippen molar-refractivity contribution < 1.29 is 4.79 Å². The standard InChI is InChI=1S/C18H31N5O/c1-3-19-18(24)23-10-9-16(13-23)20-11-15-12-22(2)21-17(15)14-7-5-4-6-8-14/h12,14,16,20H,3-11,13H2,1-2H3,(H,19,24)/t16-/m1/s1.